The lowest BCUT2D eigenvalue weighted by atomic mass is 10.1. The zero-order chi connectivity index (χ0) is 19.8. The van der Waals surface area contributed by atoms with E-state index in [9.17, 15) is 9.59 Å². The molecule has 0 fully saturated rings. The van der Waals surface area contributed by atoms with Crippen molar-refractivity contribution >= 4 is 23.3 Å². The van der Waals surface area contributed by atoms with Crippen molar-refractivity contribution in [3.8, 4) is 23.0 Å². The highest BCUT2D eigenvalue weighted by Crippen LogP contribution is 2.25. The van der Waals surface area contributed by atoms with Crippen molar-refractivity contribution in [1.29, 1.82) is 0 Å². The fraction of sp³-hybridized carbons (Fsp3) is 0.300. The molecule has 0 aliphatic heterocycles. The summed E-state index contributed by atoms with van der Waals surface area (Å²) in [6.07, 6.45) is 0. The minimum Gasteiger partial charge on any atom is -0.497 e. The van der Waals surface area contributed by atoms with E-state index >= 15 is 0 Å². The van der Waals surface area contributed by atoms with E-state index in [2.05, 4.69) is 0 Å². The first-order valence-corrected chi connectivity index (χ1v) is 9.26. The summed E-state index contributed by atoms with van der Waals surface area (Å²) >= 11 is 1.25. The molecule has 0 aliphatic rings. The van der Waals surface area contributed by atoms with E-state index in [1.165, 1.54) is 40.2 Å². The Labute approximate surface area is 162 Å². The van der Waals surface area contributed by atoms with Crippen molar-refractivity contribution in [3.05, 3.63) is 47.5 Å². The molecule has 0 N–H and O–H groups in total. The van der Waals surface area contributed by atoms with Gasteiger partial charge in [-0.3, -0.25) is 9.59 Å². The van der Waals surface area contributed by atoms with E-state index in [1.54, 1.807) is 36.4 Å². The fourth-order valence-corrected chi connectivity index (χ4v) is 3.15. The van der Waals surface area contributed by atoms with E-state index in [4.69, 9.17) is 18.9 Å². The van der Waals surface area contributed by atoms with Crippen LogP contribution in [0.4, 0.5) is 0 Å². The molecule has 0 aromatic heterocycles. The second-order valence-corrected chi connectivity index (χ2v) is 6.53. The molecule has 0 spiro atoms. The van der Waals surface area contributed by atoms with E-state index in [0.29, 0.717) is 34.1 Å². The van der Waals surface area contributed by atoms with Gasteiger partial charge in [-0.05, 0) is 24.3 Å². The van der Waals surface area contributed by atoms with Gasteiger partial charge in [-0.15, -0.1) is 11.8 Å². The van der Waals surface area contributed by atoms with Gasteiger partial charge in [0.25, 0.3) is 0 Å². The average Bonchev–Trinajstić information content (AvgIpc) is 2.72. The van der Waals surface area contributed by atoms with Crippen LogP contribution in [-0.2, 0) is 0 Å². The number of methoxy groups -OCH3 is 4. The van der Waals surface area contributed by atoms with Crippen LogP contribution in [0.25, 0.3) is 0 Å². The number of thioether (sulfide) groups is 1. The predicted molar refractivity (Wildman–Crippen MR) is 105 cm³/mol. The van der Waals surface area contributed by atoms with E-state index in [-0.39, 0.29) is 23.1 Å². The van der Waals surface area contributed by atoms with Crippen LogP contribution >= 0.6 is 11.8 Å². The van der Waals surface area contributed by atoms with Gasteiger partial charge in [-0.25, -0.2) is 0 Å². The maximum Gasteiger partial charge on any atom is 0.173 e. The van der Waals surface area contributed by atoms with Gasteiger partial charge in [0, 0.05) is 23.3 Å². The number of hydrogen-bond acceptors (Lipinski definition) is 7. The number of rotatable bonds is 10. The molecule has 0 aliphatic carbocycles. The van der Waals surface area contributed by atoms with Gasteiger partial charge in [0.2, 0.25) is 0 Å². The molecule has 0 atom stereocenters. The lowest BCUT2D eigenvalue weighted by Crippen LogP contribution is -2.08. The molecule has 0 bridgehead atoms. The first-order chi connectivity index (χ1) is 13.0. The fourth-order valence-electron chi connectivity index (χ4n) is 2.34. The highest BCUT2D eigenvalue weighted by Gasteiger charge is 2.14. The number of ether oxygens (including phenoxy) is 4. The third-order valence-corrected chi connectivity index (χ3v) is 4.75. The van der Waals surface area contributed by atoms with Gasteiger partial charge >= 0.3 is 0 Å². The van der Waals surface area contributed by atoms with Crippen LogP contribution in [-0.4, -0.2) is 51.5 Å². The Kier molecular flexibility index (Phi) is 7.55. The molecular formula is C20H22O6S. The van der Waals surface area contributed by atoms with E-state index in [0.717, 1.165) is 0 Å². The molecule has 0 amide bonds. The van der Waals surface area contributed by atoms with Gasteiger partial charge in [-0.2, -0.15) is 0 Å². The van der Waals surface area contributed by atoms with Gasteiger partial charge < -0.3 is 18.9 Å². The zero-order valence-corrected chi connectivity index (χ0v) is 16.6. The standard InChI is InChI=1S/C20H22O6S/c1-23-15-5-13(6-16(9-15)24-2)19(21)11-27-12-20(22)14-7-17(25-3)10-18(8-14)26-4/h5-10H,11-12H2,1-4H3. The summed E-state index contributed by atoms with van der Waals surface area (Å²) in [5.74, 6) is 2.31. The predicted octanol–water partition coefficient (Wildman–Crippen LogP) is 3.52. The summed E-state index contributed by atoms with van der Waals surface area (Å²) in [5, 5.41) is 0. The third kappa shape index (κ3) is 5.65. The number of Topliss-reactive ketones (excluding diaryl/α,β-unsaturated/α-hetero) is 2. The maximum atomic E-state index is 12.4. The van der Waals surface area contributed by atoms with E-state index in [1.807, 2.05) is 0 Å². The molecule has 0 heterocycles. The average molecular weight is 390 g/mol. The normalized spacial score (nSPS) is 10.2. The Bertz CT molecular complexity index is 706. The van der Waals surface area contributed by atoms with Crippen LogP contribution < -0.4 is 18.9 Å². The summed E-state index contributed by atoms with van der Waals surface area (Å²) in [7, 11) is 6.11. The molecule has 2 rings (SSSR count). The number of carbonyl (C=O) groups excluding carboxylic acids is 2. The smallest absolute Gasteiger partial charge is 0.173 e. The molecule has 2 aromatic carbocycles. The summed E-state index contributed by atoms with van der Waals surface area (Å²) in [5.41, 5.74) is 0.961. The van der Waals surface area contributed by atoms with Gasteiger partial charge in [0.1, 0.15) is 23.0 Å². The zero-order valence-electron chi connectivity index (χ0n) is 15.7. The topological polar surface area (TPSA) is 71.1 Å². The Morgan fingerprint density at radius 2 is 0.926 bits per heavy atom. The Morgan fingerprint density at radius 3 is 1.19 bits per heavy atom. The van der Waals surface area contributed by atoms with Crippen molar-refractivity contribution in [2.24, 2.45) is 0 Å². The first-order valence-electron chi connectivity index (χ1n) is 8.11. The molecule has 2 aromatic rings. The van der Waals surface area contributed by atoms with Crippen molar-refractivity contribution < 1.29 is 28.5 Å². The SMILES string of the molecule is COc1cc(OC)cc(C(=O)CSCC(=O)c2cc(OC)cc(OC)c2)c1. The van der Waals surface area contributed by atoms with Crippen molar-refractivity contribution in [3.63, 3.8) is 0 Å². The number of benzene rings is 2. The summed E-state index contributed by atoms with van der Waals surface area (Å²) < 4.78 is 20.7. The second-order valence-electron chi connectivity index (χ2n) is 5.54. The van der Waals surface area contributed by atoms with Crippen LogP contribution in [0.2, 0.25) is 0 Å². The molecular weight excluding hydrogens is 368 g/mol. The van der Waals surface area contributed by atoms with Crippen molar-refractivity contribution in [2.75, 3.05) is 39.9 Å². The molecule has 0 radical (unpaired) electrons. The minimum atomic E-state index is -0.103. The largest absolute Gasteiger partial charge is 0.497 e. The van der Waals surface area contributed by atoms with Crippen LogP contribution in [0.15, 0.2) is 36.4 Å². The summed E-state index contributed by atoms with van der Waals surface area (Å²) in [4.78, 5) is 24.8. The maximum absolute atomic E-state index is 12.4. The monoisotopic (exact) mass is 390 g/mol. The highest BCUT2D eigenvalue weighted by molar-refractivity contribution is 8.00. The third-order valence-electron chi connectivity index (χ3n) is 3.81. The van der Waals surface area contributed by atoms with Crippen LogP contribution in [0, 0.1) is 0 Å². The molecule has 0 saturated carbocycles. The molecule has 0 saturated heterocycles. The van der Waals surface area contributed by atoms with Crippen LogP contribution in [0.3, 0.4) is 0 Å². The van der Waals surface area contributed by atoms with Gasteiger partial charge in [0.05, 0.1) is 39.9 Å². The molecule has 0 unspecified atom stereocenters. The van der Waals surface area contributed by atoms with Crippen molar-refractivity contribution in [2.45, 2.75) is 0 Å². The lowest BCUT2D eigenvalue weighted by molar-refractivity contribution is 0.101. The summed E-state index contributed by atoms with van der Waals surface area (Å²) in [6, 6.07) is 10.0. The minimum absolute atomic E-state index is 0.103. The molecule has 6 nitrogen and oxygen atoms in total. The van der Waals surface area contributed by atoms with Gasteiger partial charge in [0.15, 0.2) is 11.6 Å². The van der Waals surface area contributed by atoms with Crippen LogP contribution in [0.5, 0.6) is 23.0 Å². The van der Waals surface area contributed by atoms with Crippen molar-refractivity contribution in [1.82, 2.24) is 0 Å². The number of ketones is 2. The van der Waals surface area contributed by atoms with E-state index < -0.39 is 0 Å². The van der Waals surface area contributed by atoms with Crippen LogP contribution in [0.1, 0.15) is 20.7 Å². The second kappa shape index (κ2) is 9.87. The molecule has 27 heavy (non-hydrogen) atoms. The molecule has 7 heteroatoms. The quantitative estimate of drug-likeness (QED) is 0.575. The van der Waals surface area contributed by atoms with Gasteiger partial charge in [-0.1, -0.05) is 0 Å². The number of hydrogen-bond donors (Lipinski definition) is 0. The Balaban J connectivity index is 2.00. The lowest BCUT2D eigenvalue weighted by Gasteiger charge is -2.09. The highest BCUT2D eigenvalue weighted by atomic mass is 32.2. The Hall–Kier alpha value is -2.67. The number of carbonyl (C=O) groups is 2. The first kappa shape index (κ1) is 20.6. The molecule has 144 valence electrons. The Morgan fingerprint density at radius 1 is 0.630 bits per heavy atom. The summed E-state index contributed by atoms with van der Waals surface area (Å²) in [6.45, 7) is 0.